The lowest BCUT2D eigenvalue weighted by molar-refractivity contribution is 0.0734. The summed E-state index contributed by atoms with van der Waals surface area (Å²) in [5.41, 5.74) is -0.00538. The third kappa shape index (κ3) is 4.77. The molecule has 0 aliphatic rings. The topological polar surface area (TPSA) is 81.7 Å². The third-order valence-electron chi connectivity index (χ3n) is 3.09. The molecule has 6 nitrogen and oxygen atoms in total. The van der Waals surface area contributed by atoms with Crippen LogP contribution in [0.25, 0.3) is 0 Å². The van der Waals surface area contributed by atoms with E-state index in [-0.39, 0.29) is 28.0 Å². The van der Waals surface area contributed by atoms with Gasteiger partial charge in [0.2, 0.25) is 10.0 Å². The van der Waals surface area contributed by atoms with Gasteiger partial charge in [-0.1, -0.05) is 6.07 Å². The Kier molecular flexibility index (Phi) is 5.76. The fraction of sp³-hybridized carbons (Fsp3) is 0.235. The van der Waals surface area contributed by atoms with Crippen LogP contribution in [0.1, 0.15) is 24.2 Å². The van der Waals surface area contributed by atoms with E-state index in [1.54, 1.807) is 13.8 Å². The molecule has 2 rings (SSSR count). The number of carbonyl (C=O) groups is 1. The number of halogens is 1. The average molecular weight is 367 g/mol. The number of methoxy groups -OCH3 is 1. The van der Waals surface area contributed by atoms with Gasteiger partial charge in [-0.3, -0.25) is 0 Å². The van der Waals surface area contributed by atoms with Crippen molar-refractivity contribution in [2.45, 2.75) is 24.8 Å². The molecule has 0 amide bonds. The molecule has 0 unspecified atom stereocenters. The van der Waals surface area contributed by atoms with Crippen LogP contribution in [0.2, 0.25) is 0 Å². The Hall–Kier alpha value is -2.45. The van der Waals surface area contributed by atoms with Gasteiger partial charge in [-0.2, -0.15) is 0 Å². The number of hydrogen-bond acceptors (Lipinski definition) is 5. The van der Waals surface area contributed by atoms with Crippen LogP contribution in [0.15, 0.2) is 47.4 Å². The van der Waals surface area contributed by atoms with Crippen molar-refractivity contribution in [1.82, 2.24) is 4.72 Å². The second-order valence-corrected chi connectivity index (χ2v) is 7.17. The number of nitrogens with one attached hydrogen (secondary N) is 1. The zero-order chi connectivity index (χ0) is 18.6. The largest absolute Gasteiger partial charge is 0.495 e. The first-order valence-electron chi connectivity index (χ1n) is 7.41. The first-order chi connectivity index (χ1) is 11.7. The van der Waals surface area contributed by atoms with E-state index in [0.29, 0.717) is 0 Å². The van der Waals surface area contributed by atoms with Gasteiger partial charge in [-0.15, -0.1) is 0 Å². The number of sulfonamides is 1. The predicted octanol–water partition coefficient (Wildman–Crippen LogP) is 2.74. The standard InChI is InChI=1S/C17H18FNO5S/c1-11(2)19-25(21,22)16-9-12(7-8-15(16)23-3)17(20)24-14-6-4-5-13(18)10-14/h4-11,19H,1-3H3. The van der Waals surface area contributed by atoms with Gasteiger partial charge in [0, 0.05) is 12.1 Å². The van der Waals surface area contributed by atoms with E-state index in [1.165, 1.54) is 37.4 Å². The van der Waals surface area contributed by atoms with E-state index in [9.17, 15) is 17.6 Å². The van der Waals surface area contributed by atoms with Crippen molar-refractivity contribution in [3.63, 3.8) is 0 Å². The van der Waals surface area contributed by atoms with Gasteiger partial charge >= 0.3 is 5.97 Å². The Balaban J connectivity index is 2.36. The van der Waals surface area contributed by atoms with Crippen LogP contribution in [0.3, 0.4) is 0 Å². The summed E-state index contributed by atoms with van der Waals surface area (Å²) in [4.78, 5) is 12.0. The lowest BCUT2D eigenvalue weighted by atomic mass is 10.2. The number of benzene rings is 2. The van der Waals surface area contributed by atoms with E-state index >= 15 is 0 Å². The third-order valence-corrected chi connectivity index (χ3v) is 4.77. The fourth-order valence-electron chi connectivity index (χ4n) is 2.08. The highest BCUT2D eigenvalue weighted by molar-refractivity contribution is 7.89. The molecule has 0 radical (unpaired) electrons. The van der Waals surface area contributed by atoms with Gasteiger partial charge in [0.15, 0.2) is 0 Å². The van der Waals surface area contributed by atoms with Crippen molar-refractivity contribution in [3.05, 3.63) is 53.8 Å². The summed E-state index contributed by atoms with van der Waals surface area (Å²) in [5, 5.41) is 0. The first-order valence-corrected chi connectivity index (χ1v) is 8.89. The molecule has 0 atom stereocenters. The van der Waals surface area contributed by atoms with Crippen LogP contribution in [0, 0.1) is 5.82 Å². The summed E-state index contributed by atoms with van der Waals surface area (Å²) < 4.78 is 50.5. The zero-order valence-electron chi connectivity index (χ0n) is 13.9. The smallest absolute Gasteiger partial charge is 0.343 e. The van der Waals surface area contributed by atoms with Crippen LogP contribution < -0.4 is 14.2 Å². The van der Waals surface area contributed by atoms with Crippen molar-refractivity contribution in [1.29, 1.82) is 0 Å². The van der Waals surface area contributed by atoms with Crippen molar-refractivity contribution in [2.24, 2.45) is 0 Å². The Labute approximate surface area is 145 Å². The highest BCUT2D eigenvalue weighted by Gasteiger charge is 2.23. The number of hydrogen-bond donors (Lipinski definition) is 1. The quantitative estimate of drug-likeness (QED) is 0.627. The normalized spacial score (nSPS) is 11.4. The second-order valence-electron chi connectivity index (χ2n) is 5.49. The van der Waals surface area contributed by atoms with Gasteiger partial charge in [-0.25, -0.2) is 22.3 Å². The highest BCUT2D eigenvalue weighted by Crippen LogP contribution is 2.26. The maximum Gasteiger partial charge on any atom is 0.343 e. The van der Waals surface area contributed by atoms with E-state index in [4.69, 9.17) is 9.47 Å². The molecule has 0 aliphatic carbocycles. The maximum atomic E-state index is 13.2. The first kappa shape index (κ1) is 18.9. The lowest BCUT2D eigenvalue weighted by Crippen LogP contribution is -2.30. The Morgan fingerprint density at radius 2 is 1.88 bits per heavy atom. The van der Waals surface area contributed by atoms with Crippen molar-refractivity contribution in [3.8, 4) is 11.5 Å². The predicted molar refractivity (Wildman–Crippen MR) is 89.8 cm³/mol. The minimum absolute atomic E-state index is 0.00538. The molecule has 8 heteroatoms. The molecule has 0 fully saturated rings. The molecule has 0 aromatic heterocycles. The van der Waals surface area contributed by atoms with Crippen molar-refractivity contribution < 1.29 is 27.1 Å². The van der Waals surface area contributed by atoms with Crippen LogP contribution in [0.5, 0.6) is 11.5 Å². The summed E-state index contributed by atoms with van der Waals surface area (Å²) in [7, 11) is -2.55. The van der Waals surface area contributed by atoms with Gasteiger partial charge in [0.1, 0.15) is 22.2 Å². The van der Waals surface area contributed by atoms with E-state index in [1.807, 2.05) is 0 Å². The number of esters is 1. The monoisotopic (exact) mass is 367 g/mol. The Morgan fingerprint density at radius 3 is 2.48 bits per heavy atom. The van der Waals surface area contributed by atoms with Gasteiger partial charge in [-0.05, 0) is 44.2 Å². The Bertz CT molecular complexity index is 880. The molecule has 0 bridgehead atoms. The molecule has 0 saturated heterocycles. The molecule has 134 valence electrons. The molecule has 0 spiro atoms. The minimum atomic E-state index is -3.88. The highest BCUT2D eigenvalue weighted by atomic mass is 32.2. The molecule has 0 aliphatic heterocycles. The minimum Gasteiger partial charge on any atom is -0.495 e. The van der Waals surface area contributed by atoms with Crippen LogP contribution in [-0.2, 0) is 10.0 Å². The SMILES string of the molecule is COc1ccc(C(=O)Oc2cccc(F)c2)cc1S(=O)(=O)NC(C)C. The number of rotatable bonds is 6. The number of carbonyl (C=O) groups excluding carboxylic acids is 1. The zero-order valence-corrected chi connectivity index (χ0v) is 14.8. The second kappa shape index (κ2) is 7.62. The van der Waals surface area contributed by atoms with E-state index < -0.39 is 21.8 Å². The van der Waals surface area contributed by atoms with E-state index in [2.05, 4.69) is 4.72 Å². The van der Waals surface area contributed by atoms with Crippen LogP contribution >= 0.6 is 0 Å². The lowest BCUT2D eigenvalue weighted by Gasteiger charge is -2.14. The van der Waals surface area contributed by atoms with Crippen molar-refractivity contribution in [2.75, 3.05) is 7.11 Å². The summed E-state index contributed by atoms with van der Waals surface area (Å²) in [6, 6.07) is 8.64. The van der Waals surface area contributed by atoms with Gasteiger partial charge < -0.3 is 9.47 Å². The average Bonchev–Trinajstić information content (AvgIpc) is 2.53. The molecule has 25 heavy (non-hydrogen) atoms. The summed E-state index contributed by atoms with van der Waals surface area (Å²) in [6.45, 7) is 3.35. The molecule has 2 aromatic carbocycles. The van der Waals surface area contributed by atoms with Crippen molar-refractivity contribution >= 4 is 16.0 Å². The summed E-state index contributed by atoms with van der Waals surface area (Å²) >= 11 is 0. The molecular formula is C17H18FNO5S. The maximum absolute atomic E-state index is 13.2. The van der Waals surface area contributed by atoms with Gasteiger partial charge in [0.05, 0.1) is 12.7 Å². The molecule has 2 aromatic rings. The Morgan fingerprint density at radius 1 is 1.16 bits per heavy atom. The summed E-state index contributed by atoms with van der Waals surface area (Å²) in [6.07, 6.45) is 0. The molecule has 1 N–H and O–H groups in total. The summed E-state index contributed by atoms with van der Waals surface area (Å²) in [5.74, 6) is -1.25. The molecular weight excluding hydrogens is 349 g/mol. The van der Waals surface area contributed by atoms with E-state index in [0.717, 1.165) is 12.1 Å². The molecule has 0 saturated carbocycles. The molecule has 0 heterocycles. The van der Waals surface area contributed by atoms with Crippen LogP contribution in [0.4, 0.5) is 4.39 Å². The number of ether oxygens (including phenoxy) is 2. The van der Waals surface area contributed by atoms with Crippen LogP contribution in [-0.4, -0.2) is 27.5 Å². The van der Waals surface area contributed by atoms with Gasteiger partial charge in [0.25, 0.3) is 0 Å². The fourth-order valence-corrected chi connectivity index (χ4v) is 3.53.